The van der Waals surface area contributed by atoms with E-state index in [4.69, 9.17) is 0 Å². The molecule has 0 N–H and O–H groups in total. The summed E-state index contributed by atoms with van der Waals surface area (Å²) in [5, 5.41) is 2.75. The highest BCUT2D eigenvalue weighted by molar-refractivity contribution is 9.11. The van der Waals surface area contributed by atoms with Crippen LogP contribution in [0.5, 0.6) is 0 Å². The van der Waals surface area contributed by atoms with Crippen LogP contribution in [0.1, 0.15) is 5.56 Å². The third-order valence-electron chi connectivity index (χ3n) is 1.34. The number of halogens is 2. The molecule has 4 heteroatoms. The van der Waals surface area contributed by atoms with Gasteiger partial charge in [-0.15, -0.1) is 4.91 Å². The zero-order valence-electron chi connectivity index (χ0n) is 6.00. The van der Waals surface area contributed by atoms with Crippen molar-refractivity contribution in [3.05, 3.63) is 45.5 Å². The number of hydrogen-bond donors (Lipinski definition) is 0. The Morgan fingerprint density at radius 1 is 1.42 bits per heavy atom. The SMILES string of the molecule is O=N/C(=C/Br)c1ccc(F)cc1. The summed E-state index contributed by atoms with van der Waals surface area (Å²) < 4.78 is 12.4. The van der Waals surface area contributed by atoms with Gasteiger partial charge in [-0.25, -0.2) is 4.39 Å². The summed E-state index contributed by atoms with van der Waals surface area (Å²) in [5.74, 6) is -0.335. The van der Waals surface area contributed by atoms with Crippen LogP contribution in [-0.4, -0.2) is 0 Å². The molecule has 0 radical (unpaired) electrons. The van der Waals surface area contributed by atoms with Crippen LogP contribution in [0.4, 0.5) is 4.39 Å². The lowest BCUT2D eigenvalue weighted by molar-refractivity contribution is 0.627. The minimum Gasteiger partial charge on any atom is -0.207 e. The molecule has 0 saturated carbocycles. The average Bonchev–Trinajstić information content (AvgIpc) is 2.10. The molecule has 0 atom stereocenters. The second-order valence-electron chi connectivity index (χ2n) is 2.09. The van der Waals surface area contributed by atoms with Gasteiger partial charge in [-0.05, 0) is 29.4 Å². The topological polar surface area (TPSA) is 29.4 Å². The minimum atomic E-state index is -0.335. The molecular weight excluding hydrogens is 225 g/mol. The Hall–Kier alpha value is -1.03. The largest absolute Gasteiger partial charge is 0.207 e. The van der Waals surface area contributed by atoms with E-state index in [1.807, 2.05) is 0 Å². The van der Waals surface area contributed by atoms with Crippen LogP contribution in [0, 0.1) is 10.7 Å². The zero-order chi connectivity index (χ0) is 8.97. The zero-order valence-corrected chi connectivity index (χ0v) is 7.58. The lowest BCUT2D eigenvalue weighted by Gasteiger charge is -1.95. The van der Waals surface area contributed by atoms with Crippen LogP contribution in [0.15, 0.2) is 34.4 Å². The number of rotatable bonds is 2. The van der Waals surface area contributed by atoms with Gasteiger partial charge in [-0.3, -0.25) is 0 Å². The Balaban J connectivity index is 3.04. The van der Waals surface area contributed by atoms with Crippen LogP contribution in [0.3, 0.4) is 0 Å². The Morgan fingerprint density at radius 3 is 2.42 bits per heavy atom. The first kappa shape index (κ1) is 9.06. The van der Waals surface area contributed by atoms with Crippen molar-refractivity contribution < 1.29 is 4.39 Å². The second kappa shape index (κ2) is 4.11. The molecule has 0 bridgehead atoms. The van der Waals surface area contributed by atoms with E-state index in [0.29, 0.717) is 5.56 Å². The van der Waals surface area contributed by atoms with Crippen LogP contribution >= 0.6 is 15.9 Å². The Morgan fingerprint density at radius 2 is 2.00 bits per heavy atom. The van der Waals surface area contributed by atoms with Gasteiger partial charge in [0.05, 0.1) is 0 Å². The quantitative estimate of drug-likeness (QED) is 0.716. The summed E-state index contributed by atoms with van der Waals surface area (Å²) in [5.41, 5.74) is 0.832. The van der Waals surface area contributed by atoms with Crippen LogP contribution < -0.4 is 0 Å². The van der Waals surface area contributed by atoms with Crippen molar-refractivity contribution in [2.45, 2.75) is 0 Å². The van der Waals surface area contributed by atoms with E-state index in [-0.39, 0.29) is 11.5 Å². The summed E-state index contributed by atoms with van der Waals surface area (Å²) in [7, 11) is 0. The molecule has 0 aliphatic heterocycles. The monoisotopic (exact) mass is 229 g/mol. The fourth-order valence-electron chi connectivity index (χ4n) is 0.756. The molecular formula is C8H5BrFNO. The van der Waals surface area contributed by atoms with E-state index >= 15 is 0 Å². The number of benzene rings is 1. The van der Waals surface area contributed by atoms with Gasteiger partial charge in [0.15, 0.2) is 0 Å². The predicted octanol–water partition coefficient (Wildman–Crippen LogP) is 3.29. The molecule has 0 amide bonds. The second-order valence-corrected chi connectivity index (χ2v) is 2.55. The van der Waals surface area contributed by atoms with Crippen molar-refractivity contribution in [1.82, 2.24) is 0 Å². The summed E-state index contributed by atoms with van der Waals surface area (Å²) in [6, 6.07) is 5.53. The van der Waals surface area contributed by atoms with Gasteiger partial charge < -0.3 is 0 Å². The van der Waals surface area contributed by atoms with Crippen molar-refractivity contribution in [2.24, 2.45) is 5.18 Å². The molecule has 0 aliphatic carbocycles. The Kier molecular flexibility index (Phi) is 3.10. The van der Waals surface area contributed by atoms with Crippen molar-refractivity contribution >= 4 is 21.6 Å². The minimum absolute atomic E-state index is 0.245. The van der Waals surface area contributed by atoms with Gasteiger partial charge in [0, 0.05) is 10.5 Å². The number of hydrogen-bond acceptors (Lipinski definition) is 2. The highest BCUT2D eigenvalue weighted by Crippen LogP contribution is 2.17. The molecule has 0 aromatic heterocycles. The molecule has 2 nitrogen and oxygen atoms in total. The molecule has 0 heterocycles. The maximum atomic E-state index is 12.4. The first-order valence-electron chi connectivity index (χ1n) is 3.17. The number of nitroso groups, excluding NO2 is 1. The van der Waals surface area contributed by atoms with Gasteiger partial charge in [0.1, 0.15) is 11.5 Å². The molecule has 1 aromatic rings. The predicted molar refractivity (Wildman–Crippen MR) is 49.1 cm³/mol. The maximum absolute atomic E-state index is 12.4. The fraction of sp³-hybridized carbons (Fsp3) is 0. The van der Waals surface area contributed by atoms with E-state index in [0.717, 1.165) is 0 Å². The molecule has 1 aromatic carbocycles. The molecule has 0 fully saturated rings. The van der Waals surface area contributed by atoms with E-state index in [2.05, 4.69) is 21.1 Å². The highest BCUT2D eigenvalue weighted by Gasteiger charge is 1.99. The molecule has 1 rings (SSSR count). The summed E-state index contributed by atoms with van der Waals surface area (Å²) in [6.45, 7) is 0. The van der Waals surface area contributed by atoms with Crippen molar-refractivity contribution in [3.8, 4) is 0 Å². The third-order valence-corrected chi connectivity index (χ3v) is 1.78. The first-order chi connectivity index (χ1) is 5.77. The first-order valence-corrected chi connectivity index (χ1v) is 4.09. The maximum Gasteiger partial charge on any atom is 0.123 e. The summed E-state index contributed by atoms with van der Waals surface area (Å²) in [6.07, 6.45) is 0. The lowest BCUT2D eigenvalue weighted by atomic mass is 10.2. The van der Waals surface area contributed by atoms with Gasteiger partial charge in [0.25, 0.3) is 0 Å². The van der Waals surface area contributed by atoms with E-state index in [1.165, 1.54) is 29.3 Å². The fourth-order valence-corrected chi connectivity index (χ4v) is 1.10. The van der Waals surface area contributed by atoms with E-state index in [1.54, 1.807) is 0 Å². The van der Waals surface area contributed by atoms with Gasteiger partial charge in [-0.2, -0.15) is 0 Å². The van der Waals surface area contributed by atoms with E-state index in [9.17, 15) is 9.30 Å². The standard InChI is InChI=1S/C8H5BrFNO/c9-5-8(11-12)6-1-3-7(10)4-2-6/h1-5H/b8-5+. The summed E-state index contributed by atoms with van der Waals surface area (Å²) in [4.78, 5) is 11.6. The normalized spacial score (nSPS) is 11.3. The summed E-state index contributed by atoms with van der Waals surface area (Å²) >= 11 is 2.98. The molecule has 0 saturated heterocycles. The smallest absolute Gasteiger partial charge is 0.123 e. The molecule has 0 unspecified atom stereocenters. The van der Waals surface area contributed by atoms with Gasteiger partial charge in [0.2, 0.25) is 0 Å². The van der Waals surface area contributed by atoms with Gasteiger partial charge >= 0.3 is 0 Å². The van der Waals surface area contributed by atoms with Crippen LogP contribution in [-0.2, 0) is 0 Å². The third kappa shape index (κ3) is 1.98. The molecule has 0 aliphatic rings. The Bertz CT molecular complexity index is 307. The molecule has 0 spiro atoms. The van der Waals surface area contributed by atoms with Crippen molar-refractivity contribution in [2.75, 3.05) is 0 Å². The highest BCUT2D eigenvalue weighted by atomic mass is 79.9. The van der Waals surface area contributed by atoms with Gasteiger partial charge in [-0.1, -0.05) is 15.9 Å². The van der Waals surface area contributed by atoms with Crippen molar-refractivity contribution in [3.63, 3.8) is 0 Å². The Labute approximate surface area is 77.2 Å². The molecule has 12 heavy (non-hydrogen) atoms. The van der Waals surface area contributed by atoms with Crippen molar-refractivity contribution in [1.29, 1.82) is 0 Å². The van der Waals surface area contributed by atoms with E-state index < -0.39 is 0 Å². The lowest BCUT2D eigenvalue weighted by Crippen LogP contribution is -1.79. The molecule has 62 valence electrons. The van der Waals surface area contributed by atoms with Crippen LogP contribution in [0.25, 0.3) is 5.70 Å². The average molecular weight is 230 g/mol. The van der Waals surface area contributed by atoms with Crippen LogP contribution in [0.2, 0.25) is 0 Å². The number of nitrogens with zero attached hydrogens (tertiary/aromatic N) is 1.